The summed E-state index contributed by atoms with van der Waals surface area (Å²) in [6, 6.07) is 10.9. The molecular formula is C19H23NO6S. The van der Waals surface area contributed by atoms with Gasteiger partial charge in [-0.1, -0.05) is 12.1 Å². The standard InChI is InChI=1S/C19H23NO6S/c1-20(2)8-9-27(24,25)13-15-12-16(21)6-7-18(15)26-17-5-3-4-14(10-17)11-19(22)23/h3-7,10,12,21H,8-9,11,13H2,1-2H3,(H,22,23). The van der Waals surface area contributed by atoms with Gasteiger partial charge in [0.25, 0.3) is 0 Å². The molecule has 0 heterocycles. The van der Waals surface area contributed by atoms with E-state index in [1.165, 1.54) is 18.2 Å². The van der Waals surface area contributed by atoms with Crippen LogP contribution in [0.1, 0.15) is 11.1 Å². The third-order valence-electron chi connectivity index (χ3n) is 3.75. The molecule has 0 fully saturated rings. The highest BCUT2D eigenvalue weighted by Crippen LogP contribution is 2.30. The molecule has 0 saturated heterocycles. The Morgan fingerprint density at radius 1 is 1.15 bits per heavy atom. The Bertz CT molecular complexity index is 908. The van der Waals surface area contributed by atoms with Crippen LogP contribution in [0.15, 0.2) is 42.5 Å². The number of carboxylic acids is 1. The summed E-state index contributed by atoms with van der Waals surface area (Å²) >= 11 is 0. The Labute approximate surface area is 158 Å². The fourth-order valence-electron chi connectivity index (χ4n) is 2.43. The SMILES string of the molecule is CN(C)CCS(=O)(=O)Cc1cc(O)ccc1Oc1cccc(CC(=O)O)c1. The van der Waals surface area contributed by atoms with Gasteiger partial charge in [0.2, 0.25) is 0 Å². The van der Waals surface area contributed by atoms with Crippen molar-refractivity contribution < 1.29 is 28.2 Å². The molecule has 0 radical (unpaired) electrons. The molecule has 0 spiro atoms. The van der Waals surface area contributed by atoms with Gasteiger partial charge in [0.1, 0.15) is 17.2 Å². The molecule has 0 aliphatic heterocycles. The van der Waals surface area contributed by atoms with Crippen LogP contribution in [0.3, 0.4) is 0 Å². The second kappa shape index (κ2) is 8.88. The number of hydrogen-bond donors (Lipinski definition) is 2. The maximum absolute atomic E-state index is 12.4. The number of carbonyl (C=O) groups is 1. The van der Waals surface area contributed by atoms with E-state index in [2.05, 4.69) is 0 Å². The molecule has 2 aromatic rings. The molecule has 2 N–H and O–H groups in total. The van der Waals surface area contributed by atoms with Gasteiger partial charge in [-0.25, -0.2) is 8.42 Å². The Balaban J connectivity index is 2.24. The minimum absolute atomic E-state index is 0.0107. The van der Waals surface area contributed by atoms with E-state index in [4.69, 9.17) is 9.84 Å². The van der Waals surface area contributed by atoms with Crippen LogP contribution in [0.2, 0.25) is 0 Å². The molecule has 146 valence electrons. The van der Waals surface area contributed by atoms with Crippen LogP contribution >= 0.6 is 0 Å². The molecular weight excluding hydrogens is 370 g/mol. The number of aromatic hydroxyl groups is 1. The summed E-state index contributed by atoms with van der Waals surface area (Å²) in [6.45, 7) is 0.397. The summed E-state index contributed by atoms with van der Waals surface area (Å²) in [4.78, 5) is 12.6. The summed E-state index contributed by atoms with van der Waals surface area (Å²) in [5.41, 5.74) is 0.913. The Hall–Kier alpha value is -2.58. The fraction of sp³-hybridized carbons (Fsp3) is 0.316. The number of hydrogen-bond acceptors (Lipinski definition) is 6. The molecule has 0 unspecified atom stereocenters. The first-order valence-electron chi connectivity index (χ1n) is 8.30. The molecule has 0 bridgehead atoms. The van der Waals surface area contributed by atoms with Crippen molar-refractivity contribution in [3.63, 3.8) is 0 Å². The minimum atomic E-state index is -3.40. The Kier molecular flexibility index (Phi) is 6.81. The average molecular weight is 393 g/mol. The highest BCUT2D eigenvalue weighted by molar-refractivity contribution is 7.90. The van der Waals surface area contributed by atoms with Crippen molar-refractivity contribution in [2.75, 3.05) is 26.4 Å². The second-order valence-electron chi connectivity index (χ2n) is 6.51. The van der Waals surface area contributed by atoms with Crippen molar-refractivity contribution in [2.24, 2.45) is 0 Å². The van der Waals surface area contributed by atoms with Crippen LogP contribution in [-0.2, 0) is 26.8 Å². The molecule has 0 saturated carbocycles. The molecule has 0 amide bonds. The number of aliphatic carboxylic acids is 1. The largest absolute Gasteiger partial charge is 0.508 e. The van der Waals surface area contributed by atoms with E-state index in [0.717, 1.165) is 0 Å². The number of phenols is 1. The van der Waals surface area contributed by atoms with Crippen LogP contribution < -0.4 is 4.74 Å². The van der Waals surface area contributed by atoms with Crippen LogP contribution in [0.25, 0.3) is 0 Å². The minimum Gasteiger partial charge on any atom is -0.508 e. The number of phenolic OH excluding ortho intramolecular Hbond substituents is 1. The lowest BCUT2D eigenvalue weighted by molar-refractivity contribution is -0.136. The third-order valence-corrected chi connectivity index (χ3v) is 5.31. The molecule has 0 aromatic heterocycles. The van der Waals surface area contributed by atoms with Crippen LogP contribution in [-0.4, -0.2) is 55.9 Å². The van der Waals surface area contributed by atoms with Gasteiger partial charge in [0.05, 0.1) is 17.9 Å². The zero-order chi connectivity index (χ0) is 20.0. The average Bonchev–Trinajstić information content (AvgIpc) is 2.55. The predicted octanol–water partition coefficient (Wildman–Crippen LogP) is 2.29. The van der Waals surface area contributed by atoms with Crippen molar-refractivity contribution in [3.8, 4) is 17.2 Å². The normalized spacial score (nSPS) is 11.5. The van der Waals surface area contributed by atoms with Crippen molar-refractivity contribution in [1.82, 2.24) is 4.90 Å². The number of carboxylic acid groups (broad SMARTS) is 1. The van der Waals surface area contributed by atoms with Gasteiger partial charge in [0, 0.05) is 12.1 Å². The summed E-state index contributed by atoms with van der Waals surface area (Å²) in [7, 11) is 0.193. The highest BCUT2D eigenvalue weighted by atomic mass is 32.2. The van der Waals surface area contributed by atoms with Crippen molar-refractivity contribution >= 4 is 15.8 Å². The fourth-order valence-corrected chi connectivity index (χ4v) is 3.92. The van der Waals surface area contributed by atoms with Crippen molar-refractivity contribution in [2.45, 2.75) is 12.2 Å². The summed E-state index contributed by atoms with van der Waals surface area (Å²) in [5.74, 6) is -0.591. The molecule has 0 aliphatic rings. The zero-order valence-electron chi connectivity index (χ0n) is 15.3. The number of rotatable bonds is 9. The van der Waals surface area contributed by atoms with Crippen molar-refractivity contribution in [1.29, 1.82) is 0 Å². The Morgan fingerprint density at radius 2 is 1.89 bits per heavy atom. The lowest BCUT2D eigenvalue weighted by Crippen LogP contribution is -2.22. The third kappa shape index (κ3) is 6.92. The van der Waals surface area contributed by atoms with E-state index in [1.807, 2.05) is 0 Å². The quantitative estimate of drug-likeness (QED) is 0.673. The van der Waals surface area contributed by atoms with Gasteiger partial charge < -0.3 is 19.8 Å². The Morgan fingerprint density at radius 3 is 2.56 bits per heavy atom. The van der Waals surface area contributed by atoms with Gasteiger partial charge in [0.15, 0.2) is 9.84 Å². The van der Waals surface area contributed by atoms with E-state index in [9.17, 15) is 18.3 Å². The molecule has 7 nitrogen and oxygen atoms in total. The van der Waals surface area contributed by atoms with Gasteiger partial charge in [-0.05, 0) is 50.0 Å². The van der Waals surface area contributed by atoms with Gasteiger partial charge in [-0.2, -0.15) is 0 Å². The van der Waals surface area contributed by atoms with E-state index in [-0.39, 0.29) is 23.7 Å². The monoisotopic (exact) mass is 393 g/mol. The maximum Gasteiger partial charge on any atom is 0.307 e. The first-order valence-corrected chi connectivity index (χ1v) is 10.1. The predicted molar refractivity (Wildman–Crippen MR) is 102 cm³/mol. The number of sulfone groups is 1. The van der Waals surface area contributed by atoms with Gasteiger partial charge in [-0.15, -0.1) is 0 Å². The molecule has 0 atom stereocenters. The van der Waals surface area contributed by atoms with E-state index in [0.29, 0.717) is 29.2 Å². The second-order valence-corrected chi connectivity index (χ2v) is 8.69. The number of ether oxygens (including phenoxy) is 1. The van der Waals surface area contributed by atoms with Crippen molar-refractivity contribution in [3.05, 3.63) is 53.6 Å². The van der Waals surface area contributed by atoms with E-state index >= 15 is 0 Å². The lowest BCUT2D eigenvalue weighted by atomic mass is 10.1. The van der Waals surface area contributed by atoms with Gasteiger partial charge in [-0.3, -0.25) is 4.79 Å². The molecule has 2 rings (SSSR count). The topological polar surface area (TPSA) is 104 Å². The highest BCUT2D eigenvalue weighted by Gasteiger charge is 2.17. The number of benzene rings is 2. The van der Waals surface area contributed by atoms with Crippen LogP contribution in [0, 0.1) is 0 Å². The molecule has 2 aromatic carbocycles. The molecule has 8 heteroatoms. The van der Waals surface area contributed by atoms with E-state index in [1.54, 1.807) is 43.3 Å². The lowest BCUT2D eigenvalue weighted by Gasteiger charge is -2.14. The molecule has 27 heavy (non-hydrogen) atoms. The van der Waals surface area contributed by atoms with Crippen LogP contribution in [0.5, 0.6) is 17.2 Å². The first kappa shape index (κ1) is 20.7. The smallest absolute Gasteiger partial charge is 0.307 e. The summed E-state index contributed by atoms with van der Waals surface area (Å²) < 4.78 is 30.5. The summed E-state index contributed by atoms with van der Waals surface area (Å²) in [6.07, 6.45) is -0.140. The zero-order valence-corrected chi connectivity index (χ0v) is 16.1. The van der Waals surface area contributed by atoms with Gasteiger partial charge >= 0.3 is 5.97 Å². The van der Waals surface area contributed by atoms with Crippen LogP contribution in [0.4, 0.5) is 0 Å². The maximum atomic E-state index is 12.4. The van der Waals surface area contributed by atoms with E-state index < -0.39 is 15.8 Å². The summed E-state index contributed by atoms with van der Waals surface area (Å²) in [5, 5.41) is 18.6. The molecule has 0 aliphatic carbocycles. The first-order chi connectivity index (χ1) is 12.6. The number of nitrogens with zero attached hydrogens (tertiary/aromatic N) is 1.